The van der Waals surface area contributed by atoms with Crippen LogP contribution in [0.4, 0.5) is 0 Å². The van der Waals surface area contributed by atoms with Gasteiger partial charge < -0.3 is 9.73 Å². The molecule has 0 aliphatic rings. The molecular formula is C15H16Cl2N5OS+. The molecule has 2 aromatic heterocycles. The summed E-state index contributed by atoms with van der Waals surface area (Å²) in [5.74, 6) is 2.60. The first kappa shape index (κ1) is 17.3. The molecule has 0 aliphatic carbocycles. The van der Waals surface area contributed by atoms with Crippen LogP contribution in [-0.4, -0.2) is 32.5 Å². The van der Waals surface area contributed by atoms with E-state index in [0.717, 1.165) is 41.1 Å². The number of hydrogen-bond acceptors (Lipinski definition) is 5. The van der Waals surface area contributed by atoms with E-state index in [2.05, 4.69) is 20.8 Å². The standard InChI is InChI=1S/C15H15Cl2N5OS/c1-22-15(19-20-21-22)24-5-4-18-9-13-2-3-14(23-13)10-6-11(16)8-12(17)7-10/h2-3,6-8,18H,4-5,9H2,1H3/p+1. The number of aromatic nitrogens is 4. The van der Waals surface area contributed by atoms with Crippen LogP contribution in [0.1, 0.15) is 5.76 Å². The zero-order valence-corrected chi connectivity index (χ0v) is 15.3. The fraction of sp³-hybridized carbons (Fsp3) is 0.267. The molecule has 0 aliphatic heterocycles. The van der Waals surface area contributed by atoms with E-state index in [1.165, 1.54) is 0 Å². The molecule has 2 N–H and O–H groups in total. The van der Waals surface area contributed by atoms with Crippen molar-refractivity contribution in [3.8, 4) is 11.3 Å². The number of nitrogens with zero attached hydrogens (tertiary/aromatic N) is 4. The van der Waals surface area contributed by atoms with Crippen LogP contribution in [0.3, 0.4) is 0 Å². The lowest BCUT2D eigenvalue weighted by molar-refractivity contribution is -0.668. The number of rotatable bonds is 7. The van der Waals surface area contributed by atoms with Gasteiger partial charge in [0.25, 0.3) is 0 Å². The summed E-state index contributed by atoms with van der Waals surface area (Å²) in [5, 5.41) is 15.5. The van der Waals surface area contributed by atoms with Crippen molar-refractivity contribution < 1.29 is 9.73 Å². The Morgan fingerprint density at radius 1 is 1.21 bits per heavy atom. The number of thioether (sulfide) groups is 1. The summed E-state index contributed by atoms with van der Waals surface area (Å²) in [6.45, 7) is 1.71. The molecule has 0 atom stereocenters. The normalized spacial score (nSPS) is 11.1. The van der Waals surface area contributed by atoms with Gasteiger partial charge in [-0.2, -0.15) is 0 Å². The third-order valence-electron chi connectivity index (χ3n) is 3.29. The highest BCUT2D eigenvalue weighted by Crippen LogP contribution is 2.28. The molecule has 0 fully saturated rings. The molecule has 2 heterocycles. The Morgan fingerprint density at radius 2 is 2.00 bits per heavy atom. The quantitative estimate of drug-likeness (QED) is 0.500. The summed E-state index contributed by atoms with van der Waals surface area (Å²) in [5.41, 5.74) is 0.879. The lowest BCUT2D eigenvalue weighted by Gasteiger charge is -2.01. The zero-order chi connectivity index (χ0) is 16.9. The van der Waals surface area contributed by atoms with E-state index in [9.17, 15) is 0 Å². The van der Waals surface area contributed by atoms with E-state index in [1.54, 1.807) is 22.5 Å². The summed E-state index contributed by atoms with van der Waals surface area (Å²) in [4.78, 5) is 0. The third kappa shape index (κ3) is 4.51. The zero-order valence-electron chi connectivity index (χ0n) is 12.9. The Kier molecular flexibility index (Phi) is 5.78. The van der Waals surface area contributed by atoms with Crippen molar-refractivity contribution in [2.45, 2.75) is 11.7 Å². The lowest BCUT2D eigenvalue weighted by Crippen LogP contribution is -2.83. The average Bonchev–Trinajstić information content (AvgIpc) is 3.15. The Balaban J connectivity index is 1.48. The highest BCUT2D eigenvalue weighted by Gasteiger charge is 2.08. The molecular weight excluding hydrogens is 369 g/mol. The van der Waals surface area contributed by atoms with Gasteiger partial charge in [-0.1, -0.05) is 35.0 Å². The van der Waals surface area contributed by atoms with Gasteiger partial charge in [-0.25, -0.2) is 4.68 Å². The molecule has 3 aromatic rings. The van der Waals surface area contributed by atoms with Crippen LogP contribution in [0.15, 0.2) is 39.9 Å². The predicted molar refractivity (Wildman–Crippen MR) is 94.2 cm³/mol. The highest BCUT2D eigenvalue weighted by molar-refractivity contribution is 7.99. The van der Waals surface area contributed by atoms with Gasteiger partial charge in [0, 0.05) is 22.7 Å². The number of quaternary nitrogens is 1. The van der Waals surface area contributed by atoms with Crippen LogP contribution in [0.5, 0.6) is 0 Å². The Hall–Kier alpha value is -1.54. The number of benzene rings is 1. The van der Waals surface area contributed by atoms with E-state index in [-0.39, 0.29) is 0 Å². The molecule has 0 radical (unpaired) electrons. The molecule has 0 saturated carbocycles. The van der Waals surface area contributed by atoms with Gasteiger partial charge in [0.1, 0.15) is 12.3 Å². The summed E-state index contributed by atoms with van der Waals surface area (Å²) < 4.78 is 7.53. The molecule has 126 valence electrons. The van der Waals surface area contributed by atoms with Crippen molar-refractivity contribution >= 4 is 35.0 Å². The number of aryl methyl sites for hydroxylation is 1. The number of halogens is 2. The number of hydrogen-bond donors (Lipinski definition) is 1. The van der Waals surface area contributed by atoms with Gasteiger partial charge in [-0.05, 0) is 40.8 Å². The third-order valence-corrected chi connectivity index (χ3v) is 4.77. The summed E-state index contributed by atoms with van der Waals surface area (Å²) in [6, 6.07) is 9.29. The van der Waals surface area contributed by atoms with Crippen LogP contribution in [0, 0.1) is 0 Å². The molecule has 0 bridgehead atoms. The molecule has 0 unspecified atom stereocenters. The molecule has 0 amide bonds. The second kappa shape index (κ2) is 8.02. The molecule has 0 saturated heterocycles. The van der Waals surface area contributed by atoms with Crippen molar-refractivity contribution in [1.82, 2.24) is 20.2 Å². The van der Waals surface area contributed by atoms with E-state index < -0.39 is 0 Å². The first-order valence-electron chi connectivity index (χ1n) is 7.34. The average molecular weight is 385 g/mol. The van der Waals surface area contributed by atoms with Gasteiger partial charge in [0.05, 0.1) is 12.3 Å². The molecule has 24 heavy (non-hydrogen) atoms. The fourth-order valence-electron chi connectivity index (χ4n) is 2.16. The molecule has 9 heteroatoms. The maximum atomic E-state index is 6.03. The monoisotopic (exact) mass is 384 g/mol. The van der Waals surface area contributed by atoms with Crippen molar-refractivity contribution in [2.75, 3.05) is 12.3 Å². The molecule has 6 nitrogen and oxygen atoms in total. The SMILES string of the molecule is Cn1nnnc1SCC[NH2+]Cc1ccc(-c2cc(Cl)cc(Cl)c2)o1. The van der Waals surface area contributed by atoms with Crippen molar-refractivity contribution in [3.63, 3.8) is 0 Å². The van der Waals surface area contributed by atoms with Crippen molar-refractivity contribution in [2.24, 2.45) is 7.05 Å². The van der Waals surface area contributed by atoms with Gasteiger partial charge in [0.15, 0.2) is 5.76 Å². The maximum Gasteiger partial charge on any atom is 0.209 e. The van der Waals surface area contributed by atoms with E-state index >= 15 is 0 Å². The van der Waals surface area contributed by atoms with E-state index in [0.29, 0.717) is 10.0 Å². The minimum absolute atomic E-state index is 0.595. The van der Waals surface area contributed by atoms with Crippen LogP contribution in [-0.2, 0) is 13.6 Å². The lowest BCUT2D eigenvalue weighted by atomic mass is 10.2. The molecule has 1 aromatic carbocycles. The topological polar surface area (TPSA) is 73.3 Å². The molecule has 3 rings (SSSR count). The number of furan rings is 1. The Labute approximate surface area is 153 Å². The van der Waals surface area contributed by atoms with Crippen LogP contribution < -0.4 is 5.32 Å². The minimum atomic E-state index is 0.595. The van der Waals surface area contributed by atoms with Crippen LogP contribution in [0.2, 0.25) is 10.0 Å². The van der Waals surface area contributed by atoms with Gasteiger partial charge >= 0.3 is 0 Å². The van der Waals surface area contributed by atoms with E-state index in [4.69, 9.17) is 27.6 Å². The summed E-state index contributed by atoms with van der Waals surface area (Å²) >= 11 is 13.7. The predicted octanol–water partition coefficient (Wildman–Crippen LogP) is 2.63. The first-order chi connectivity index (χ1) is 11.6. The van der Waals surface area contributed by atoms with Gasteiger partial charge in [-0.15, -0.1) is 5.10 Å². The summed E-state index contributed by atoms with van der Waals surface area (Å²) in [7, 11) is 1.83. The maximum absolute atomic E-state index is 6.03. The number of tetrazole rings is 1. The summed E-state index contributed by atoms with van der Waals surface area (Å²) in [6.07, 6.45) is 0. The smallest absolute Gasteiger partial charge is 0.209 e. The highest BCUT2D eigenvalue weighted by atomic mass is 35.5. The van der Waals surface area contributed by atoms with Crippen LogP contribution in [0.25, 0.3) is 11.3 Å². The van der Waals surface area contributed by atoms with Crippen LogP contribution >= 0.6 is 35.0 Å². The second-order valence-corrected chi connectivity index (χ2v) is 7.07. The molecule has 0 spiro atoms. The number of nitrogens with two attached hydrogens (primary N) is 1. The first-order valence-corrected chi connectivity index (χ1v) is 9.08. The van der Waals surface area contributed by atoms with Crippen molar-refractivity contribution in [3.05, 3.63) is 46.1 Å². The van der Waals surface area contributed by atoms with Gasteiger partial charge in [-0.3, -0.25) is 0 Å². The Morgan fingerprint density at radius 3 is 2.71 bits per heavy atom. The minimum Gasteiger partial charge on any atom is -0.455 e. The fourth-order valence-corrected chi connectivity index (χ4v) is 3.47. The largest absolute Gasteiger partial charge is 0.455 e. The Bertz CT molecular complexity index is 800. The van der Waals surface area contributed by atoms with E-state index in [1.807, 2.05) is 31.3 Å². The second-order valence-electron chi connectivity index (χ2n) is 5.14. The van der Waals surface area contributed by atoms with Crippen molar-refractivity contribution in [1.29, 1.82) is 0 Å². The van der Waals surface area contributed by atoms with Gasteiger partial charge in [0.2, 0.25) is 5.16 Å².